The third-order valence-electron chi connectivity index (χ3n) is 3.89. The molecule has 1 aromatic carbocycles. The minimum atomic E-state index is -0.0198. The zero-order chi connectivity index (χ0) is 15.1. The molecule has 2 rings (SSSR count). The van der Waals surface area contributed by atoms with E-state index >= 15 is 0 Å². The summed E-state index contributed by atoms with van der Waals surface area (Å²) in [7, 11) is 1.61. The first-order chi connectivity index (χ1) is 10.2. The molecule has 0 radical (unpaired) electrons. The quantitative estimate of drug-likeness (QED) is 0.800. The lowest BCUT2D eigenvalue weighted by Crippen LogP contribution is -2.32. The summed E-state index contributed by atoms with van der Waals surface area (Å²) in [5, 5.41) is 6.12. The second-order valence-corrected chi connectivity index (χ2v) is 5.46. The molecule has 21 heavy (non-hydrogen) atoms. The second kappa shape index (κ2) is 8.00. The van der Waals surface area contributed by atoms with Gasteiger partial charge in [0, 0.05) is 18.3 Å². The first-order valence-corrected chi connectivity index (χ1v) is 7.58. The van der Waals surface area contributed by atoms with E-state index in [4.69, 9.17) is 4.74 Å². The summed E-state index contributed by atoms with van der Waals surface area (Å²) < 4.78 is 5.13. The summed E-state index contributed by atoms with van der Waals surface area (Å²) >= 11 is 0. The van der Waals surface area contributed by atoms with Crippen LogP contribution in [0.4, 0.5) is 5.69 Å². The molecule has 1 aliphatic heterocycles. The van der Waals surface area contributed by atoms with Crippen LogP contribution >= 0.6 is 0 Å². The highest BCUT2D eigenvalue weighted by Crippen LogP contribution is 2.16. The van der Waals surface area contributed by atoms with E-state index in [1.165, 1.54) is 13.0 Å². The first kappa shape index (κ1) is 15.8. The van der Waals surface area contributed by atoms with Crippen molar-refractivity contribution in [3.8, 4) is 5.75 Å². The van der Waals surface area contributed by atoms with Crippen molar-refractivity contribution in [3.05, 3.63) is 24.3 Å². The zero-order valence-corrected chi connectivity index (χ0v) is 12.9. The fraction of sp³-hybridized carbons (Fsp3) is 0.562. The van der Waals surface area contributed by atoms with Crippen molar-refractivity contribution in [1.82, 2.24) is 10.2 Å². The highest BCUT2D eigenvalue weighted by molar-refractivity contribution is 5.92. The van der Waals surface area contributed by atoms with Gasteiger partial charge in [0.15, 0.2) is 0 Å². The van der Waals surface area contributed by atoms with Crippen LogP contribution in [0.25, 0.3) is 0 Å². The fourth-order valence-electron chi connectivity index (χ4n) is 2.66. The number of anilines is 1. The summed E-state index contributed by atoms with van der Waals surface area (Å²) in [6.07, 6.45) is 1.22. The highest BCUT2D eigenvalue weighted by Gasteiger charge is 2.20. The predicted molar refractivity (Wildman–Crippen MR) is 84.7 cm³/mol. The Hall–Kier alpha value is -1.59. The van der Waals surface area contributed by atoms with E-state index in [1.54, 1.807) is 7.11 Å². The predicted octanol–water partition coefficient (Wildman–Crippen LogP) is 1.57. The Morgan fingerprint density at radius 1 is 1.48 bits per heavy atom. The summed E-state index contributed by atoms with van der Waals surface area (Å²) in [5.74, 6) is 1.38. The fourth-order valence-corrected chi connectivity index (χ4v) is 2.66. The molecule has 1 saturated heterocycles. The second-order valence-electron chi connectivity index (χ2n) is 5.46. The average Bonchev–Trinajstić information content (AvgIpc) is 2.95. The Morgan fingerprint density at radius 3 is 3.05 bits per heavy atom. The number of ether oxygens (including phenoxy) is 1. The van der Waals surface area contributed by atoms with Gasteiger partial charge in [-0.15, -0.1) is 0 Å². The van der Waals surface area contributed by atoms with Crippen molar-refractivity contribution in [3.63, 3.8) is 0 Å². The molecule has 1 amide bonds. The van der Waals surface area contributed by atoms with Gasteiger partial charge in [-0.2, -0.15) is 0 Å². The SMILES string of the molecule is CCN1CCC(CNCC(=O)Nc2cccc(OC)c2)C1. The Labute approximate surface area is 126 Å². The molecule has 2 N–H and O–H groups in total. The van der Waals surface area contributed by atoms with E-state index in [1.807, 2.05) is 24.3 Å². The smallest absolute Gasteiger partial charge is 0.238 e. The monoisotopic (exact) mass is 291 g/mol. The molecule has 0 bridgehead atoms. The molecule has 1 aliphatic rings. The molecule has 1 fully saturated rings. The summed E-state index contributed by atoms with van der Waals surface area (Å²) in [6.45, 7) is 6.88. The topological polar surface area (TPSA) is 53.6 Å². The number of hydrogen-bond acceptors (Lipinski definition) is 4. The van der Waals surface area contributed by atoms with Gasteiger partial charge in [0.2, 0.25) is 5.91 Å². The molecule has 0 aliphatic carbocycles. The lowest BCUT2D eigenvalue weighted by Gasteiger charge is -2.13. The van der Waals surface area contributed by atoms with Gasteiger partial charge in [-0.3, -0.25) is 4.79 Å². The molecule has 5 heteroatoms. The number of rotatable bonds is 7. The largest absolute Gasteiger partial charge is 0.497 e. The molecule has 1 unspecified atom stereocenters. The number of carbonyl (C=O) groups excluding carboxylic acids is 1. The molecule has 0 aromatic heterocycles. The highest BCUT2D eigenvalue weighted by atomic mass is 16.5. The number of nitrogens with one attached hydrogen (secondary N) is 2. The van der Waals surface area contributed by atoms with Crippen LogP contribution in [0.3, 0.4) is 0 Å². The minimum Gasteiger partial charge on any atom is -0.497 e. The van der Waals surface area contributed by atoms with E-state index in [2.05, 4.69) is 22.5 Å². The summed E-state index contributed by atoms with van der Waals surface area (Å²) in [4.78, 5) is 14.3. The first-order valence-electron chi connectivity index (χ1n) is 7.58. The van der Waals surface area contributed by atoms with E-state index in [0.717, 1.165) is 31.1 Å². The van der Waals surface area contributed by atoms with Gasteiger partial charge >= 0.3 is 0 Å². The third-order valence-corrected chi connectivity index (χ3v) is 3.89. The van der Waals surface area contributed by atoms with Crippen molar-refractivity contribution in [1.29, 1.82) is 0 Å². The van der Waals surface area contributed by atoms with Crippen molar-refractivity contribution in [2.75, 3.05) is 45.2 Å². The third kappa shape index (κ3) is 5.02. The Kier molecular flexibility index (Phi) is 6.02. The van der Waals surface area contributed by atoms with Gasteiger partial charge in [0.05, 0.1) is 13.7 Å². The van der Waals surface area contributed by atoms with Crippen molar-refractivity contribution < 1.29 is 9.53 Å². The number of amides is 1. The van der Waals surface area contributed by atoms with E-state index in [0.29, 0.717) is 12.5 Å². The van der Waals surface area contributed by atoms with Crippen LogP contribution in [-0.4, -0.2) is 50.6 Å². The van der Waals surface area contributed by atoms with Gasteiger partial charge in [-0.25, -0.2) is 0 Å². The number of methoxy groups -OCH3 is 1. The maximum atomic E-state index is 11.9. The van der Waals surface area contributed by atoms with Gasteiger partial charge in [-0.1, -0.05) is 13.0 Å². The standard InChI is InChI=1S/C16H25N3O2/c1-3-19-8-7-13(12-19)10-17-11-16(20)18-14-5-4-6-15(9-14)21-2/h4-6,9,13,17H,3,7-8,10-12H2,1-2H3,(H,18,20). The van der Waals surface area contributed by atoms with Crippen molar-refractivity contribution in [2.45, 2.75) is 13.3 Å². The van der Waals surface area contributed by atoms with Gasteiger partial charge in [0.1, 0.15) is 5.75 Å². The van der Waals surface area contributed by atoms with E-state index in [-0.39, 0.29) is 5.91 Å². The van der Waals surface area contributed by atoms with Crippen LogP contribution in [0.5, 0.6) is 5.75 Å². The molecule has 1 aromatic rings. The van der Waals surface area contributed by atoms with Crippen molar-refractivity contribution in [2.24, 2.45) is 5.92 Å². The maximum absolute atomic E-state index is 11.9. The molecular formula is C16H25N3O2. The lowest BCUT2D eigenvalue weighted by atomic mass is 10.1. The normalized spacial score (nSPS) is 18.7. The lowest BCUT2D eigenvalue weighted by molar-refractivity contribution is -0.115. The van der Waals surface area contributed by atoms with Crippen LogP contribution in [0.1, 0.15) is 13.3 Å². The Morgan fingerprint density at radius 2 is 2.33 bits per heavy atom. The number of likely N-dealkylation sites (tertiary alicyclic amines) is 1. The Bertz CT molecular complexity index is 465. The summed E-state index contributed by atoms with van der Waals surface area (Å²) in [6, 6.07) is 7.39. The van der Waals surface area contributed by atoms with E-state index < -0.39 is 0 Å². The van der Waals surface area contributed by atoms with E-state index in [9.17, 15) is 4.79 Å². The van der Waals surface area contributed by atoms with Crippen LogP contribution < -0.4 is 15.4 Å². The minimum absolute atomic E-state index is 0.0198. The summed E-state index contributed by atoms with van der Waals surface area (Å²) in [5.41, 5.74) is 0.763. The zero-order valence-electron chi connectivity index (χ0n) is 12.9. The molecule has 116 valence electrons. The molecule has 0 saturated carbocycles. The Balaban J connectivity index is 1.68. The molecule has 1 heterocycles. The van der Waals surface area contributed by atoms with Gasteiger partial charge in [0.25, 0.3) is 0 Å². The maximum Gasteiger partial charge on any atom is 0.238 e. The van der Waals surface area contributed by atoms with Gasteiger partial charge < -0.3 is 20.3 Å². The van der Waals surface area contributed by atoms with Crippen LogP contribution in [-0.2, 0) is 4.79 Å². The average molecular weight is 291 g/mol. The number of benzene rings is 1. The van der Waals surface area contributed by atoms with Gasteiger partial charge in [-0.05, 0) is 44.1 Å². The number of hydrogen-bond donors (Lipinski definition) is 2. The van der Waals surface area contributed by atoms with Crippen molar-refractivity contribution >= 4 is 11.6 Å². The molecule has 0 spiro atoms. The molecule has 1 atom stereocenters. The number of nitrogens with zero attached hydrogens (tertiary/aromatic N) is 1. The van der Waals surface area contributed by atoms with Crippen LogP contribution in [0.15, 0.2) is 24.3 Å². The number of carbonyl (C=O) groups is 1. The van der Waals surface area contributed by atoms with Crippen LogP contribution in [0, 0.1) is 5.92 Å². The van der Waals surface area contributed by atoms with Crippen LogP contribution in [0.2, 0.25) is 0 Å². The molecular weight excluding hydrogens is 266 g/mol. The molecule has 5 nitrogen and oxygen atoms in total.